The molecular weight excluding hydrogens is 580 g/mol. The molecule has 0 bridgehead atoms. The normalized spacial score (nSPS) is 11.6. The van der Waals surface area contributed by atoms with Gasteiger partial charge in [0.05, 0.1) is 28.4 Å². The molecule has 0 saturated heterocycles. The molecule has 0 unspecified atom stereocenters. The minimum atomic E-state index is -3.96. The SMILES string of the molecule is CCOC(=O)c1cc(C(=O)Nc2ccc(-c3ccccc3S(=O)(=O)NC(C)(C)C)cc2F)n(-c2ccc(F)c(C#N)c2)n1. The molecule has 3 aromatic carbocycles. The minimum Gasteiger partial charge on any atom is -0.461 e. The maximum Gasteiger partial charge on any atom is 0.358 e. The van der Waals surface area contributed by atoms with E-state index in [9.17, 15) is 27.7 Å². The van der Waals surface area contributed by atoms with Crippen molar-refractivity contribution in [3.8, 4) is 22.9 Å². The molecular formula is C30H27F2N5O5S. The molecule has 4 aromatic rings. The first-order chi connectivity index (χ1) is 20.2. The third-order valence-electron chi connectivity index (χ3n) is 5.89. The quantitative estimate of drug-likeness (QED) is 0.262. The lowest BCUT2D eigenvalue weighted by atomic mass is 10.0. The lowest BCUT2D eigenvalue weighted by Gasteiger charge is -2.21. The van der Waals surface area contributed by atoms with Gasteiger partial charge in [0.2, 0.25) is 10.0 Å². The number of halogens is 2. The third-order valence-corrected chi connectivity index (χ3v) is 7.70. The van der Waals surface area contributed by atoms with E-state index < -0.39 is 39.1 Å². The van der Waals surface area contributed by atoms with Crippen LogP contribution in [-0.2, 0) is 14.8 Å². The van der Waals surface area contributed by atoms with Crippen LogP contribution in [-0.4, -0.2) is 42.2 Å². The maximum atomic E-state index is 15.4. The molecule has 0 radical (unpaired) electrons. The number of ether oxygens (including phenoxy) is 1. The molecule has 0 spiro atoms. The molecule has 43 heavy (non-hydrogen) atoms. The number of anilines is 1. The summed E-state index contributed by atoms with van der Waals surface area (Å²) in [5.74, 6) is -3.37. The first-order valence-electron chi connectivity index (χ1n) is 13.0. The molecule has 0 saturated carbocycles. The van der Waals surface area contributed by atoms with Crippen molar-refractivity contribution < 1.29 is 31.5 Å². The first kappa shape index (κ1) is 31.0. The lowest BCUT2D eigenvalue weighted by molar-refractivity contribution is 0.0518. The van der Waals surface area contributed by atoms with Crippen LogP contribution in [0.4, 0.5) is 14.5 Å². The van der Waals surface area contributed by atoms with Crippen molar-refractivity contribution in [3.63, 3.8) is 0 Å². The number of hydrogen-bond donors (Lipinski definition) is 2. The average molecular weight is 608 g/mol. The Kier molecular flexibility index (Phi) is 8.75. The Hall–Kier alpha value is -4.93. The van der Waals surface area contributed by atoms with Crippen LogP contribution in [0.15, 0.2) is 71.6 Å². The number of nitrogens with zero attached hydrogens (tertiary/aromatic N) is 3. The summed E-state index contributed by atoms with van der Waals surface area (Å²) >= 11 is 0. The van der Waals surface area contributed by atoms with Crippen molar-refractivity contribution in [2.24, 2.45) is 0 Å². The van der Waals surface area contributed by atoms with E-state index in [1.54, 1.807) is 45.9 Å². The fraction of sp³-hybridized carbons (Fsp3) is 0.200. The lowest BCUT2D eigenvalue weighted by Crippen LogP contribution is -2.40. The monoisotopic (exact) mass is 607 g/mol. The Morgan fingerprint density at radius 1 is 1.02 bits per heavy atom. The highest BCUT2D eigenvalue weighted by Crippen LogP contribution is 2.31. The molecule has 1 aromatic heterocycles. The van der Waals surface area contributed by atoms with E-state index in [2.05, 4.69) is 15.1 Å². The summed E-state index contributed by atoms with van der Waals surface area (Å²) in [6.07, 6.45) is 0. The highest BCUT2D eigenvalue weighted by Gasteiger charge is 2.26. The second kappa shape index (κ2) is 12.1. The Morgan fingerprint density at radius 3 is 2.40 bits per heavy atom. The van der Waals surface area contributed by atoms with Gasteiger partial charge in [-0.25, -0.2) is 31.4 Å². The van der Waals surface area contributed by atoms with E-state index in [1.807, 2.05) is 0 Å². The van der Waals surface area contributed by atoms with E-state index >= 15 is 4.39 Å². The largest absolute Gasteiger partial charge is 0.461 e. The zero-order valence-electron chi connectivity index (χ0n) is 23.6. The smallest absolute Gasteiger partial charge is 0.358 e. The van der Waals surface area contributed by atoms with Crippen molar-refractivity contribution in [3.05, 3.63) is 95.3 Å². The van der Waals surface area contributed by atoms with Crippen LogP contribution in [0.5, 0.6) is 0 Å². The van der Waals surface area contributed by atoms with Crippen molar-refractivity contribution >= 4 is 27.6 Å². The summed E-state index contributed by atoms with van der Waals surface area (Å²) in [5.41, 5.74) is -1.21. The number of esters is 1. The second-order valence-electron chi connectivity index (χ2n) is 10.3. The number of nitriles is 1. The number of nitrogens with one attached hydrogen (secondary N) is 2. The van der Waals surface area contributed by atoms with Crippen molar-refractivity contribution in [2.75, 3.05) is 11.9 Å². The number of carbonyl (C=O) groups excluding carboxylic acids is 2. The zero-order valence-corrected chi connectivity index (χ0v) is 24.4. The highest BCUT2D eigenvalue weighted by molar-refractivity contribution is 7.89. The number of amides is 1. The molecule has 0 aliphatic rings. The Balaban J connectivity index is 1.70. The summed E-state index contributed by atoms with van der Waals surface area (Å²) in [6, 6.07) is 16.1. The summed E-state index contributed by atoms with van der Waals surface area (Å²) in [6.45, 7) is 6.72. The Morgan fingerprint density at radius 2 is 1.74 bits per heavy atom. The van der Waals surface area contributed by atoms with E-state index in [0.717, 1.165) is 28.9 Å². The number of hydrogen-bond acceptors (Lipinski definition) is 7. The molecule has 222 valence electrons. The van der Waals surface area contributed by atoms with Crippen LogP contribution < -0.4 is 10.0 Å². The highest BCUT2D eigenvalue weighted by atomic mass is 32.2. The fourth-order valence-corrected chi connectivity index (χ4v) is 5.79. The van der Waals surface area contributed by atoms with Gasteiger partial charge in [-0.2, -0.15) is 10.4 Å². The Bertz CT molecular complexity index is 1870. The van der Waals surface area contributed by atoms with Gasteiger partial charge < -0.3 is 10.1 Å². The van der Waals surface area contributed by atoms with E-state index in [-0.39, 0.29) is 51.0 Å². The maximum absolute atomic E-state index is 15.4. The third kappa shape index (κ3) is 6.94. The van der Waals surface area contributed by atoms with Gasteiger partial charge in [-0.3, -0.25) is 4.79 Å². The predicted molar refractivity (Wildman–Crippen MR) is 154 cm³/mol. The molecule has 0 fully saturated rings. The average Bonchev–Trinajstić information content (AvgIpc) is 3.39. The molecule has 1 heterocycles. The van der Waals surface area contributed by atoms with Gasteiger partial charge in [0, 0.05) is 17.2 Å². The molecule has 10 nitrogen and oxygen atoms in total. The van der Waals surface area contributed by atoms with Crippen LogP contribution in [0.25, 0.3) is 16.8 Å². The topological polar surface area (TPSA) is 143 Å². The molecule has 0 aliphatic carbocycles. The van der Waals surface area contributed by atoms with Gasteiger partial charge in [-0.15, -0.1) is 0 Å². The van der Waals surface area contributed by atoms with E-state index in [4.69, 9.17) is 4.74 Å². The van der Waals surface area contributed by atoms with Crippen molar-refractivity contribution in [1.82, 2.24) is 14.5 Å². The van der Waals surface area contributed by atoms with E-state index in [0.29, 0.717) is 0 Å². The van der Waals surface area contributed by atoms with Gasteiger partial charge in [-0.1, -0.05) is 24.3 Å². The number of carbonyl (C=O) groups is 2. The number of aromatic nitrogens is 2. The minimum absolute atomic E-state index is 0.0383. The molecule has 13 heteroatoms. The predicted octanol–water partition coefficient (Wildman–Crippen LogP) is 5.19. The zero-order chi connectivity index (χ0) is 31.5. The van der Waals surface area contributed by atoms with Crippen LogP contribution in [0.1, 0.15) is 54.2 Å². The molecule has 4 rings (SSSR count). The summed E-state index contributed by atoms with van der Waals surface area (Å²) < 4.78 is 64.0. The number of sulfonamides is 1. The first-order valence-corrected chi connectivity index (χ1v) is 14.4. The van der Waals surface area contributed by atoms with Gasteiger partial charge in [-0.05, 0) is 69.7 Å². The van der Waals surface area contributed by atoms with Crippen LogP contribution in [0.3, 0.4) is 0 Å². The Labute approximate surface area is 247 Å². The van der Waals surface area contributed by atoms with Crippen LogP contribution >= 0.6 is 0 Å². The van der Waals surface area contributed by atoms with Gasteiger partial charge in [0.15, 0.2) is 5.69 Å². The summed E-state index contributed by atoms with van der Waals surface area (Å²) in [4.78, 5) is 25.6. The van der Waals surface area contributed by atoms with Crippen molar-refractivity contribution in [2.45, 2.75) is 38.1 Å². The second-order valence-corrected chi connectivity index (χ2v) is 12.0. The van der Waals surface area contributed by atoms with Gasteiger partial charge in [0.25, 0.3) is 5.91 Å². The van der Waals surface area contributed by atoms with E-state index in [1.165, 1.54) is 30.3 Å². The summed E-state index contributed by atoms with van der Waals surface area (Å²) in [7, 11) is -3.96. The van der Waals surface area contributed by atoms with Crippen molar-refractivity contribution in [1.29, 1.82) is 5.26 Å². The molecule has 0 atom stereocenters. The number of rotatable bonds is 8. The van der Waals surface area contributed by atoms with Crippen LogP contribution in [0, 0.1) is 23.0 Å². The molecule has 0 aliphatic heterocycles. The number of benzene rings is 3. The van der Waals surface area contributed by atoms with Gasteiger partial charge in [0.1, 0.15) is 23.4 Å². The summed E-state index contributed by atoms with van der Waals surface area (Å²) in [5, 5.41) is 15.7. The fourth-order valence-electron chi connectivity index (χ4n) is 4.14. The van der Waals surface area contributed by atoms with Gasteiger partial charge >= 0.3 is 5.97 Å². The molecule has 1 amide bonds. The van der Waals surface area contributed by atoms with Crippen LogP contribution in [0.2, 0.25) is 0 Å². The molecule has 2 N–H and O–H groups in total. The standard InChI is InChI=1S/C30H27F2N5O5S/c1-5-42-29(39)25-16-26(37(35-25)20-11-12-22(31)19(14-20)17-33)28(38)34-24-13-10-18(15-23(24)32)21-8-6-7-9-27(21)43(40,41)36-30(2,3)4/h6-16,36H,5H2,1-4H3,(H,34,38).